The third-order valence-electron chi connectivity index (χ3n) is 6.20. The molecule has 0 radical (unpaired) electrons. The fourth-order valence-corrected chi connectivity index (χ4v) is 4.25. The number of carbonyl (C=O) groups excluding carboxylic acids is 1. The van der Waals surface area contributed by atoms with E-state index in [1.54, 1.807) is 37.1 Å². The third kappa shape index (κ3) is 4.95. The number of pyridine rings is 2. The lowest BCUT2D eigenvalue weighted by atomic mass is 10.1. The van der Waals surface area contributed by atoms with E-state index in [2.05, 4.69) is 17.2 Å². The lowest BCUT2D eigenvalue weighted by Crippen LogP contribution is -2.35. The molecule has 0 fully saturated rings. The number of hydrogen-bond acceptors (Lipinski definition) is 6. The number of aryl methyl sites for hydroxylation is 1. The molecule has 9 heteroatoms. The van der Waals surface area contributed by atoms with Crippen LogP contribution in [0.3, 0.4) is 0 Å². The van der Waals surface area contributed by atoms with Gasteiger partial charge in [-0.1, -0.05) is 31.9 Å². The van der Waals surface area contributed by atoms with E-state index < -0.39 is 5.91 Å². The smallest absolute Gasteiger partial charge is 0.267 e. The van der Waals surface area contributed by atoms with Crippen LogP contribution in [-0.2, 0) is 13.0 Å². The number of methoxy groups -OCH3 is 2. The first-order chi connectivity index (χ1) is 17.5. The topological polar surface area (TPSA) is 111 Å². The van der Waals surface area contributed by atoms with Crippen molar-refractivity contribution in [1.82, 2.24) is 19.3 Å². The molecule has 0 aliphatic rings. The molecule has 0 bridgehead atoms. The molecule has 9 nitrogen and oxygen atoms in total. The van der Waals surface area contributed by atoms with Crippen molar-refractivity contribution in [2.45, 2.75) is 39.2 Å². The van der Waals surface area contributed by atoms with E-state index in [4.69, 9.17) is 14.9 Å². The summed E-state index contributed by atoms with van der Waals surface area (Å²) in [5, 5.41) is 12.0. The molecule has 3 aromatic heterocycles. The molecule has 1 aromatic carbocycles. The Hall–Kier alpha value is -4.14. The molecule has 0 aliphatic heterocycles. The minimum absolute atomic E-state index is 0.0504. The molecule has 2 N–H and O–H groups in total. The van der Waals surface area contributed by atoms with Crippen molar-refractivity contribution in [3.05, 3.63) is 75.6 Å². The molecule has 0 saturated carbocycles. The molecule has 4 aromatic rings. The minimum atomic E-state index is -0.399. The summed E-state index contributed by atoms with van der Waals surface area (Å²) in [6.45, 7) is 2.97. The molecule has 36 heavy (non-hydrogen) atoms. The number of amides is 1. The summed E-state index contributed by atoms with van der Waals surface area (Å²) in [6.07, 6.45) is 5.03. The Morgan fingerprint density at radius 1 is 1.08 bits per heavy atom. The number of fused-ring (bicyclic) bond motifs is 2. The highest BCUT2D eigenvalue weighted by molar-refractivity contribution is 5.96. The summed E-state index contributed by atoms with van der Waals surface area (Å²) in [6, 6.07) is 12.4. The van der Waals surface area contributed by atoms with Gasteiger partial charge in [-0.25, -0.2) is 4.98 Å². The number of ether oxygens (including phenoxy) is 2. The average Bonchev–Trinajstić information content (AvgIpc) is 2.90. The van der Waals surface area contributed by atoms with E-state index in [0.717, 1.165) is 24.8 Å². The molecule has 0 spiro atoms. The molecular weight excluding hydrogens is 458 g/mol. The normalized spacial score (nSPS) is 11.1. The lowest BCUT2D eigenvalue weighted by Gasteiger charge is -2.15. The quantitative estimate of drug-likeness (QED) is 0.262. The summed E-state index contributed by atoms with van der Waals surface area (Å²) in [5.41, 5.74) is 1.84. The molecule has 0 atom stereocenters. The number of carbonyl (C=O) groups is 1. The highest BCUT2D eigenvalue weighted by atomic mass is 16.5. The Labute approximate surface area is 208 Å². The van der Waals surface area contributed by atoms with Crippen molar-refractivity contribution in [1.29, 1.82) is 5.41 Å². The van der Waals surface area contributed by atoms with Gasteiger partial charge >= 0.3 is 0 Å². The summed E-state index contributed by atoms with van der Waals surface area (Å²) >= 11 is 0. The largest absolute Gasteiger partial charge is 0.493 e. The number of nitrogens with one attached hydrogen (secondary N) is 2. The summed E-state index contributed by atoms with van der Waals surface area (Å²) in [5.74, 6) is 0.863. The fraction of sp³-hybridized carbons (Fsp3) is 0.333. The van der Waals surface area contributed by atoms with Crippen molar-refractivity contribution in [2.75, 3.05) is 20.8 Å². The molecular formula is C27H31N5O4. The predicted octanol–water partition coefficient (Wildman–Crippen LogP) is 3.31. The van der Waals surface area contributed by atoms with Gasteiger partial charge in [-0.2, -0.15) is 0 Å². The van der Waals surface area contributed by atoms with E-state index in [1.807, 2.05) is 24.3 Å². The van der Waals surface area contributed by atoms with Gasteiger partial charge < -0.3 is 19.4 Å². The minimum Gasteiger partial charge on any atom is -0.493 e. The zero-order valence-corrected chi connectivity index (χ0v) is 20.8. The second kappa shape index (κ2) is 11.1. The van der Waals surface area contributed by atoms with Gasteiger partial charge in [-0.3, -0.25) is 19.4 Å². The Balaban J connectivity index is 1.66. The Morgan fingerprint density at radius 2 is 1.89 bits per heavy atom. The van der Waals surface area contributed by atoms with Gasteiger partial charge in [0.1, 0.15) is 16.8 Å². The van der Waals surface area contributed by atoms with Crippen molar-refractivity contribution in [2.24, 2.45) is 0 Å². The van der Waals surface area contributed by atoms with Crippen LogP contribution in [-0.4, -0.2) is 40.6 Å². The van der Waals surface area contributed by atoms with Crippen LogP contribution in [0.5, 0.6) is 11.5 Å². The SMILES string of the molecule is CCCCCn1c(=N)c(C(=O)NCCc2ccc(OC)c(OC)c2)cc2c(=O)n3ccccc3nc21. The van der Waals surface area contributed by atoms with Crippen LogP contribution in [0.1, 0.15) is 42.1 Å². The monoisotopic (exact) mass is 489 g/mol. The number of aromatic nitrogens is 3. The number of benzene rings is 1. The van der Waals surface area contributed by atoms with Gasteiger partial charge in [-0.05, 0) is 48.7 Å². The molecule has 0 unspecified atom stereocenters. The third-order valence-corrected chi connectivity index (χ3v) is 6.20. The second-order valence-electron chi connectivity index (χ2n) is 8.54. The summed E-state index contributed by atoms with van der Waals surface area (Å²) < 4.78 is 13.8. The second-order valence-corrected chi connectivity index (χ2v) is 8.54. The van der Waals surface area contributed by atoms with Gasteiger partial charge in [-0.15, -0.1) is 0 Å². The highest BCUT2D eigenvalue weighted by Gasteiger charge is 2.17. The van der Waals surface area contributed by atoms with Crippen LogP contribution >= 0.6 is 0 Å². The van der Waals surface area contributed by atoms with Crippen LogP contribution in [0.4, 0.5) is 0 Å². The fourth-order valence-electron chi connectivity index (χ4n) is 4.25. The highest BCUT2D eigenvalue weighted by Crippen LogP contribution is 2.27. The van der Waals surface area contributed by atoms with Gasteiger partial charge in [0.05, 0.1) is 25.2 Å². The van der Waals surface area contributed by atoms with Crippen molar-refractivity contribution < 1.29 is 14.3 Å². The molecule has 188 valence electrons. The maximum Gasteiger partial charge on any atom is 0.267 e. The first-order valence-corrected chi connectivity index (χ1v) is 12.1. The number of nitrogens with zero attached hydrogens (tertiary/aromatic N) is 3. The van der Waals surface area contributed by atoms with Crippen LogP contribution in [0.2, 0.25) is 0 Å². The number of rotatable bonds is 10. The van der Waals surface area contributed by atoms with E-state index in [9.17, 15) is 9.59 Å². The van der Waals surface area contributed by atoms with Crippen LogP contribution in [0, 0.1) is 5.41 Å². The van der Waals surface area contributed by atoms with E-state index in [0.29, 0.717) is 47.7 Å². The maximum absolute atomic E-state index is 13.3. The predicted molar refractivity (Wildman–Crippen MR) is 138 cm³/mol. The van der Waals surface area contributed by atoms with Crippen molar-refractivity contribution >= 4 is 22.6 Å². The van der Waals surface area contributed by atoms with Gasteiger partial charge in [0, 0.05) is 19.3 Å². The summed E-state index contributed by atoms with van der Waals surface area (Å²) in [7, 11) is 3.16. The summed E-state index contributed by atoms with van der Waals surface area (Å²) in [4.78, 5) is 31.1. The lowest BCUT2D eigenvalue weighted by molar-refractivity contribution is 0.0951. The van der Waals surface area contributed by atoms with E-state index >= 15 is 0 Å². The average molecular weight is 490 g/mol. The van der Waals surface area contributed by atoms with Crippen molar-refractivity contribution in [3.8, 4) is 11.5 Å². The number of unbranched alkanes of at least 4 members (excludes halogenated alkanes) is 2. The van der Waals surface area contributed by atoms with E-state index in [-0.39, 0.29) is 16.6 Å². The van der Waals surface area contributed by atoms with Crippen LogP contribution in [0.25, 0.3) is 16.7 Å². The first-order valence-electron chi connectivity index (χ1n) is 12.1. The Morgan fingerprint density at radius 3 is 2.64 bits per heavy atom. The molecule has 1 amide bonds. The van der Waals surface area contributed by atoms with Crippen LogP contribution < -0.4 is 25.8 Å². The zero-order chi connectivity index (χ0) is 25.7. The maximum atomic E-state index is 13.3. The van der Waals surface area contributed by atoms with Gasteiger partial charge in [0.2, 0.25) is 0 Å². The van der Waals surface area contributed by atoms with Crippen LogP contribution in [0.15, 0.2) is 53.5 Å². The van der Waals surface area contributed by atoms with E-state index in [1.165, 1.54) is 10.5 Å². The Kier molecular flexibility index (Phi) is 7.68. The zero-order valence-electron chi connectivity index (χ0n) is 20.8. The molecule has 3 heterocycles. The standard InChI is InChI=1S/C27H31N5O4/c1-4-5-7-15-32-24(28)19(17-20-25(32)30-23-9-6-8-14-31(23)27(20)34)26(33)29-13-12-18-10-11-21(35-2)22(16-18)36-3/h6,8-11,14,16-17,28H,4-5,7,12-13,15H2,1-3H3,(H,29,33). The molecule has 0 aliphatic carbocycles. The Bertz CT molecular complexity index is 1520. The molecule has 0 saturated heterocycles. The first kappa shape index (κ1) is 25.0. The van der Waals surface area contributed by atoms with Gasteiger partial charge in [0.15, 0.2) is 11.5 Å². The van der Waals surface area contributed by atoms with Gasteiger partial charge in [0.25, 0.3) is 11.5 Å². The number of hydrogen-bond donors (Lipinski definition) is 2. The molecule has 4 rings (SSSR count). The van der Waals surface area contributed by atoms with Crippen molar-refractivity contribution in [3.63, 3.8) is 0 Å².